The maximum Gasteiger partial charge on any atom is 1.00 e. The van der Waals surface area contributed by atoms with Crippen LogP contribution < -0.4 is 62.5 Å². The Labute approximate surface area is 261 Å². The molecule has 6 heterocycles. The molecule has 6 rings (SSSR count). The van der Waals surface area contributed by atoms with Gasteiger partial charge in [-0.1, -0.05) is 21.3 Å². The van der Waals surface area contributed by atoms with Crippen LogP contribution in [0.1, 0.15) is 21.3 Å². The average Bonchev–Trinajstić information content (AvgIpc) is 2.56. The van der Waals surface area contributed by atoms with E-state index >= 15 is 0 Å². The summed E-state index contributed by atoms with van der Waals surface area (Å²) < 4.78 is 34.3. The average molecular weight is 546 g/mol. The summed E-state index contributed by atoms with van der Waals surface area (Å²) in [7, 11) is 17.0. The zero-order valence-electron chi connectivity index (χ0n) is 25.1. The number of nitrogens with zero attached hydrogens (tertiary/aromatic N) is 2. The fraction of sp³-hybridized carbons (Fsp3) is 1.00. The molecule has 0 aromatic heterocycles. The summed E-state index contributed by atoms with van der Waals surface area (Å²) in [6, 6.07) is 0. The number of hydrogen-bond acceptors (Lipinski definition) is 6. The third-order valence-corrected chi connectivity index (χ3v) is 4.41. The van der Waals surface area contributed by atoms with E-state index in [0.717, 1.165) is 48.6 Å². The molecule has 36 heavy (non-hydrogen) atoms. The topological polar surface area (TPSA) is 55.4 Å². The Balaban J connectivity index is -0.0000000828. The van der Waals surface area contributed by atoms with Gasteiger partial charge in [0.1, 0.15) is 0 Å². The van der Waals surface area contributed by atoms with Crippen molar-refractivity contribution in [1.82, 2.24) is 0 Å². The van der Waals surface area contributed by atoms with E-state index in [1.54, 1.807) is 0 Å². The second-order valence-corrected chi connectivity index (χ2v) is 12.8. The molecule has 3 radical (unpaired) electrons. The van der Waals surface area contributed by atoms with Crippen molar-refractivity contribution in [3.05, 3.63) is 0 Å². The van der Waals surface area contributed by atoms with Crippen LogP contribution in [-0.2, 0) is 27.9 Å². The van der Waals surface area contributed by atoms with E-state index in [0.29, 0.717) is 0 Å². The van der Waals surface area contributed by atoms with Gasteiger partial charge in [-0.25, -0.2) is 0 Å². The van der Waals surface area contributed by atoms with Crippen molar-refractivity contribution in [2.75, 3.05) is 96.0 Å². The van der Waals surface area contributed by atoms with Crippen LogP contribution in [0.25, 0.3) is 0 Å². The van der Waals surface area contributed by atoms with Crippen LogP contribution >= 0.6 is 0 Å². The standard InChI is InChI=1S/2C6H12BO3.2C4H12N.CH4.B.2ClH.2Li/c2*1-6-3-8-7(2,9-4-6)10-5-6;2*1-5(2,3)4;;;;;;/h2*3-5H2,1-2H3;2*1-4H3;1H4;;2*1H;;/q2*-1;2*+1;;;;;2*+1/p-2. The van der Waals surface area contributed by atoms with Gasteiger partial charge in [-0.3, -0.25) is 0 Å². The summed E-state index contributed by atoms with van der Waals surface area (Å²) in [5.74, 6) is 0. The molecule has 6 fully saturated rings. The summed E-state index contributed by atoms with van der Waals surface area (Å²) in [5.41, 5.74) is 0.221. The van der Waals surface area contributed by atoms with E-state index in [2.05, 4.69) is 70.2 Å². The van der Waals surface area contributed by atoms with Crippen molar-refractivity contribution in [3.8, 4) is 0 Å². The minimum absolute atomic E-state index is 0. The van der Waals surface area contributed by atoms with Gasteiger partial charge in [0.15, 0.2) is 0 Å². The van der Waals surface area contributed by atoms with E-state index in [-0.39, 0.29) is 89.2 Å². The van der Waals surface area contributed by atoms with Gasteiger partial charge < -0.3 is 61.7 Å². The van der Waals surface area contributed by atoms with Crippen LogP contribution in [0, 0.1) is 10.8 Å². The molecular formula is C21H52B3Cl2Li2N2O6. The van der Waals surface area contributed by atoms with Crippen molar-refractivity contribution in [3.63, 3.8) is 0 Å². The molecule has 6 aliphatic rings. The van der Waals surface area contributed by atoms with Crippen LogP contribution in [0.2, 0.25) is 13.6 Å². The molecule has 0 unspecified atom stereocenters. The Morgan fingerprint density at radius 1 is 0.500 bits per heavy atom. The number of fused-ring (bicyclic) bond motifs is 6. The van der Waals surface area contributed by atoms with E-state index in [1.807, 2.05) is 13.6 Å². The Morgan fingerprint density at radius 2 is 0.611 bits per heavy atom. The predicted octanol–water partition coefficient (Wildman–Crippen LogP) is -9.81. The maximum absolute atomic E-state index is 5.39. The third-order valence-electron chi connectivity index (χ3n) is 4.41. The predicted molar refractivity (Wildman–Crippen MR) is 136 cm³/mol. The molecule has 0 saturated carbocycles. The first kappa shape index (κ1) is 50.5. The monoisotopic (exact) mass is 545 g/mol. The molecule has 15 heteroatoms. The molecular weight excluding hydrogens is 493 g/mol. The SMILES string of the molecule is C.C[B-]12OCC(C)(CO1)CO2.C[B-]12OCC(C)(CO1)CO2.C[N+](C)(C)C.C[N+](C)(C)C.[B].[Cl-].[Cl-].[Li+].[Li+]. The number of rotatable bonds is 0. The molecule has 0 N–H and O–H groups in total. The Bertz CT molecular complexity index is 432. The fourth-order valence-corrected chi connectivity index (χ4v) is 2.65. The van der Waals surface area contributed by atoms with E-state index in [1.165, 1.54) is 0 Å². The first-order valence-electron chi connectivity index (χ1n) is 11.0. The molecule has 207 valence electrons. The number of halogens is 2. The smallest absolute Gasteiger partial charge is 1.00 e. The van der Waals surface area contributed by atoms with E-state index in [9.17, 15) is 0 Å². The Kier molecular flexibility index (Phi) is 26.5. The van der Waals surface area contributed by atoms with Crippen molar-refractivity contribution >= 4 is 21.9 Å². The zero-order valence-corrected chi connectivity index (χ0v) is 26.6. The van der Waals surface area contributed by atoms with Gasteiger partial charge in [-0.15, -0.1) is 13.6 Å². The van der Waals surface area contributed by atoms with Gasteiger partial charge >= 0.3 is 51.2 Å². The van der Waals surface area contributed by atoms with Crippen molar-refractivity contribution in [2.45, 2.75) is 34.9 Å². The largest absolute Gasteiger partial charge is 1.00 e. The van der Waals surface area contributed by atoms with Gasteiger partial charge in [0.05, 0.1) is 56.4 Å². The zero-order chi connectivity index (χ0) is 23.5. The van der Waals surface area contributed by atoms with E-state index in [4.69, 9.17) is 27.9 Å². The molecule has 4 bridgehead atoms. The van der Waals surface area contributed by atoms with Crippen molar-refractivity contribution in [1.29, 1.82) is 0 Å². The van der Waals surface area contributed by atoms with Crippen LogP contribution in [0.4, 0.5) is 0 Å². The maximum atomic E-state index is 5.39. The molecule has 0 spiro atoms. The second kappa shape index (κ2) is 18.9. The van der Waals surface area contributed by atoms with Crippen LogP contribution in [0.15, 0.2) is 0 Å². The minimum Gasteiger partial charge on any atom is -1.00 e. The van der Waals surface area contributed by atoms with Gasteiger partial charge in [0.2, 0.25) is 0 Å². The summed E-state index contributed by atoms with van der Waals surface area (Å²) in [5, 5.41) is 0. The van der Waals surface area contributed by atoms with Crippen molar-refractivity contribution in [2.24, 2.45) is 10.8 Å². The van der Waals surface area contributed by atoms with Crippen LogP contribution in [0.3, 0.4) is 0 Å². The molecule has 6 aliphatic heterocycles. The normalized spacial score (nSPS) is 33.0. The molecule has 0 atom stereocenters. The first-order chi connectivity index (χ1) is 13.2. The summed E-state index contributed by atoms with van der Waals surface area (Å²) >= 11 is 0. The van der Waals surface area contributed by atoms with Gasteiger partial charge in [-0.05, 0) is 0 Å². The van der Waals surface area contributed by atoms with E-state index < -0.39 is 13.5 Å². The molecule has 0 aromatic carbocycles. The van der Waals surface area contributed by atoms with Crippen molar-refractivity contribution < 1.29 is 99.4 Å². The Morgan fingerprint density at radius 3 is 0.694 bits per heavy atom. The number of hydrogen-bond donors (Lipinski definition) is 0. The molecule has 0 amide bonds. The first-order valence-corrected chi connectivity index (χ1v) is 11.0. The molecule has 0 aromatic rings. The molecule has 6 saturated heterocycles. The quantitative estimate of drug-likeness (QED) is 0.223. The van der Waals surface area contributed by atoms with Crippen LogP contribution in [-0.4, -0.2) is 127 Å². The fourth-order valence-electron chi connectivity index (χ4n) is 2.65. The summed E-state index contributed by atoms with van der Waals surface area (Å²) in [4.78, 5) is 0. The summed E-state index contributed by atoms with van der Waals surface area (Å²) in [6.45, 7) is 9.97. The van der Waals surface area contributed by atoms with Gasteiger partial charge in [0.25, 0.3) is 0 Å². The number of quaternary nitrogens is 2. The summed E-state index contributed by atoms with van der Waals surface area (Å²) in [6.07, 6.45) is 0. The third kappa shape index (κ3) is 22.5. The van der Waals surface area contributed by atoms with Crippen LogP contribution in [0.5, 0.6) is 0 Å². The van der Waals surface area contributed by atoms with Gasteiger partial charge in [-0.2, -0.15) is 0 Å². The molecule has 8 nitrogen and oxygen atoms in total. The molecule has 0 aliphatic carbocycles. The van der Waals surface area contributed by atoms with Gasteiger partial charge in [0, 0.05) is 58.9 Å². The Hall–Kier alpha value is 1.65. The minimum atomic E-state index is -1.35. The second-order valence-electron chi connectivity index (χ2n) is 12.8.